The van der Waals surface area contributed by atoms with Gasteiger partial charge < -0.3 is 10.1 Å². The summed E-state index contributed by atoms with van der Waals surface area (Å²) >= 11 is 12.5. The first-order chi connectivity index (χ1) is 12.9. The molecular weight excluding hydrogens is 384 g/mol. The zero-order valence-electron chi connectivity index (χ0n) is 15.2. The maximum atomic E-state index is 13.4. The van der Waals surface area contributed by atoms with E-state index in [0.717, 1.165) is 22.4 Å². The highest BCUT2D eigenvalue weighted by Gasteiger charge is 2.12. The van der Waals surface area contributed by atoms with Gasteiger partial charge in [0.05, 0.1) is 5.02 Å². The van der Waals surface area contributed by atoms with Gasteiger partial charge >= 0.3 is 0 Å². The molecule has 0 radical (unpaired) electrons. The molecule has 1 N–H and O–H groups in total. The predicted octanol–water partition coefficient (Wildman–Crippen LogP) is 6.94. The predicted molar refractivity (Wildman–Crippen MR) is 110 cm³/mol. The second-order valence-electron chi connectivity index (χ2n) is 6.47. The van der Waals surface area contributed by atoms with Gasteiger partial charge in [0.2, 0.25) is 0 Å². The van der Waals surface area contributed by atoms with E-state index in [2.05, 4.69) is 31.3 Å². The van der Waals surface area contributed by atoms with Crippen molar-refractivity contribution in [1.29, 1.82) is 0 Å². The molecular formula is C22H20Cl2FNO. The van der Waals surface area contributed by atoms with Crippen LogP contribution in [-0.4, -0.2) is 0 Å². The molecule has 5 heteroatoms. The zero-order valence-corrected chi connectivity index (χ0v) is 16.7. The number of halogens is 3. The third-order valence-electron chi connectivity index (χ3n) is 4.21. The summed E-state index contributed by atoms with van der Waals surface area (Å²) in [7, 11) is 0. The van der Waals surface area contributed by atoms with Crippen LogP contribution in [0, 0.1) is 19.7 Å². The van der Waals surface area contributed by atoms with Crippen molar-refractivity contribution in [2.45, 2.75) is 27.0 Å². The SMILES string of the molecule is Cc1ccc(NCc2cc(Cl)cc(Cl)c2OCc2cccc(F)c2)c(C)c1. The lowest BCUT2D eigenvalue weighted by Gasteiger charge is -2.16. The number of ether oxygens (including phenoxy) is 1. The summed E-state index contributed by atoms with van der Waals surface area (Å²) in [6, 6.07) is 16.0. The van der Waals surface area contributed by atoms with Crippen LogP contribution >= 0.6 is 23.2 Å². The van der Waals surface area contributed by atoms with Crippen molar-refractivity contribution in [2.24, 2.45) is 0 Å². The number of benzene rings is 3. The summed E-state index contributed by atoms with van der Waals surface area (Å²) in [5.74, 6) is 0.248. The van der Waals surface area contributed by atoms with E-state index >= 15 is 0 Å². The Morgan fingerprint density at radius 3 is 2.56 bits per heavy atom. The molecule has 0 fully saturated rings. The van der Waals surface area contributed by atoms with E-state index in [-0.39, 0.29) is 12.4 Å². The molecule has 3 aromatic carbocycles. The van der Waals surface area contributed by atoms with Gasteiger partial charge in [0, 0.05) is 22.8 Å². The molecule has 0 aromatic heterocycles. The van der Waals surface area contributed by atoms with Crippen LogP contribution in [0.5, 0.6) is 5.75 Å². The Bertz CT molecular complexity index is 959. The molecule has 0 bridgehead atoms. The van der Waals surface area contributed by atoms with Crippen molar-refractivity contribution in [3.05, 3.63) is 92.7 Å². The van der Waals surface area contributed by atoms with E-state index in [1.54, 1.807) is 18.2 Å². The Morgan fingerprint density at radius 1 is 1.00 bits per heavy atom. The molecule has 140 valence electrons. The second kappa shape index (κ2) is 8.64. The molecule has 2 nitrogen and oxygen atoms in total. The van der Waals surface area contributed by atoms with E-state index in [9.17, 15) is 4.39 Å². The van der Waals surface area contributed by atoms with E-state index in [4.69, 9.17) is 27.9 Å². The number of anilines is 1. The molecule has 0 heterocycles. The minimum absolute atomic E-state index is 0.218. The molecule has 0 saturated heterocycles. The second-order valence-corrected chi connectivity index (χ2v) is 7.31. The standard InChI is InChI=1S/C22H20Cl2FNO/c1-14-6-7-21(15(2)8-14)26-12-17-10-18(23)11-20(24)22(17)27-13-16-4-3-5-19(25)9-16/h3-11,26H,12-13H2,1-2H3. The lowest BCUT2D eigenvalue weighted by atomic mass is 10.1. The summed E-state index contributed by atoms with van der Waals surface area (Å²) in [5.41, 5.74) is 4.97. The summed E-state index contributed by atoms with van der Waals surface area (Å²) in [5, 5.41) is 4.37. The fourth-order valence-corrected chi connectivity index (χ4v) is 3.48. The molecule has 3 aromatic rings. The van der Waals surface area contributed by atoms with Gasteiger partial charge in [0.25, 0.3) is 0 Å². The van der Waals surface area contributed by atoms with E-state index in [1.807, 2.05) is 12.1 Å². The van der Waals surface area contributed by atoms with Gasteiger partial charge in [-0.15, -0.1) is 0 Å². The van der Waals surface area contributed by atoms with Crippen LogP contribution in [0.2, 0.25) is 10.0 Å². The number of aryl methyl sites for hydroxylation is 2. The molecule has 0 aliphatic carbocycles. The largest absolute Gasteiger partial charge is 0.487 e. The van der Waals surface area contributed by atoms with Crippen molar-refractivity contribution >= 4 is 28.9 Å². The highest BCUT2D eigenvalue weighted by molar-refractivity contribution is 6.35. The van der Waals surface area contributed by atoms with Gasteiger partial charge in [0.15, 0.2) is 0 Å². The highest BCUT2D eigenvalue weighted by atomic mass is 35.5. The van der Waals surface area contributed by atoms with Gasteiger partial charge in [-0.25, -0.2) is 4.39 Å². The van der Waals surface area contributed by atoms with Gasteiger partial charge in [0.1, 0.15) is 18.2 Å². The molecule has 0 aliphatic heterocycles. The van der Waals surface area contributed by atoms with Crippen LogP contribution in [0.25, 0.3) is 0 Å². The third kappa shape index (κ3) is 5.15. The molecule has 0 unspecified atom stereocenters. The first-order valence-electron chi connectivity index (χ1n) is 8.58. The Labute approximate surface area is 168 Å². The molecule has 0 amide bonds. The fourth-order valence-electron chi connectivity index (χ4n) is 2.89. The number of nitrogens with one attached hydrogen (secondary N) is 1. The summed E-state index contributed by atoms with van der Waals surface area (Å²) < 4.78 is 19.3. The smallest absolute Gasteiger partial charge is 0.143 e. The quantitative estimate of drug-likeness (QED) is 0.481. The van der Waals surface area contributed by atoms with Crippen LogP contribution in [0.15, 0.2) is 54.6 Å². The van der Waals surface area contributed by atoms with Crippen LogP contribution in [-0.2, 0) is 13.2 Å². The lowest BCUT2D eigenvalue weighted by molar-refractivity contribution is 0.303. The Kier molecular flexibility index (Phi) is 6.25. The molecule has 0 atom stereocenters. The molecule has 0 aliphatic rings. The van der Waals surface area contributed by atoms with Crippen LogP contribution in [0.3, 0.4) is 0 Å². The maximum Gasteiger partial charge on any atom is 0.143 e. The number of rotatable bonds is 6. The van der Waals surface area contributed by atoms with Gasteiger partial charge in [-0.2, -0.15) is 0 Å². The normalized spacial score (nSPS) is 10.7. The van der Waals surface area contributed by atoms with Crippen molar-refractivity contribution in [3.8, 4) is 5.75 Å². The minimum atomic E-state index is -0.296. The minimum Gasteiger partial charge on any atom is -0.487 e. The van der Waals surface area contributed by atoms with Crippen LogP contribution in [0.1, 0.15) is 22.3 Å². The highest BCUT2D eigenvalue weighted by Crippen LogP contribution is 2.34. The average Bonchev–Trinajstić information content (AvgIpc) is 2.60. The zero-order chi connectivity index (χ0) is 19.4. The van der Waals surface area contributed by atoms with Crippen molar-refractivity contribution in [1.82, 2.24) is 0 Å². The average molecular weight is 404 g/mol. The van der Waals surface area contributed by atoms with E-state index < -0.39 is 0 Å². The maximum absolute atomic E-state index is 13.4. The molecule has 27 heavy (non-hydrogen) atoms. The molecule has 3 rings (SSSR count). The van der Waals surface area contributed by atoms with Crippen molar-refractivity contribution in [3.63, 3.8) is 0 Å². The third-order valence-corrected chi connectivity index (χ3v) is 4.71. The summed E-state index contributed by atoms with van der Waals surface area (Å²) in [4.78, 5) is 0. The van der Waals surface area contributed by atoms with E-state index in [1.165, 1.54) is 17.7 Å². The van der Waals surface area contributed by atoms with Gasteiger partial charge in [-0.1, -0.05) is 53.0 Å². The lowest BCUT2D eigenvalue weighted by Crippen LogP contribution is -2.05. The Balaban J connectivity index is 1.79. The number of hydrogen-bond donors (Lipinski definition) is 1. The summed E-state index contributed by atoms with van der Waals surface area (Å²) in [6.45, 7) is 4.84. The van der Waals surface area contributed by atoms with Crippen LogP contribution < -0.4 is 10.1 Å². The number of hydrogen-bond acceptors (Lipinski definition) is 2. The Hall–Kier alpha value is -2.23. The van der Waals surface area contributed by atoms with E-state index in [0.29, 0.717) is 22.3 Å². The monoisotopic (exact) mass is 403 g/mol. The topological polar surface area (TPSA) is 21.3 Å². The molecule has 0 saturated carbocycles. The first kappa shape index (κ1) is 19.5. The Morgan fingerprint density at radius 2 is 1.81 bits per heavy atom. The summed E-state index contributed by atoms with van der Waals surface area (Å²) in [6.07, 6.45) is 0. The first-order valence-corrected chi connectivity index (χ1v) is 9.34. The fraction of sp³-hybridized carbons (Fsp3) is 0.182. The molecule has 0 spiro atoms. The van der Waals surface area contributed by atoms with Crippen molar-refractivity contribution in [2.75, 3.05) is 5.32 Å². The van der Waals surface area contributed by atoms with Crippen LogP contribution in [0.4, 0.5) is 10.1 Å². The van der Waals surface area contributed by atoms with Crippen molar-refractivity contribution < 1.29 is 9.13 Å². The van der Waals surface area contributed by atoms with Gasteiger partial charge in [-0.05, 0) is 55.3 Å². The van der Waals surface area contributed by atoms with Gasteiger partial charge in [-0.3, -0.25) is 0 Å².